The summed E-state index contributed by atoms with van der Waals surface area (Å²) in [4.78, 5) is 13.1. The first-order valence-corrected chi connectivity index (χ1v) is 10.7. The van der Waals surface area contributed by atoms with Gasteiger partial charge in [0.05, 0.1) is 5.56 Å². The molecule has 2 aromatic rings. The Morgan fingerprint density at radius 1 is 0.929 bits per heavy atom. The van der Waals surface area contributed by atoms with Crippen molar-refractivity contribution in [1.82, 2.24) is 0 Å². The van der Waals surface area contributed by atoms with Crippen LogP contribution in [0.25, 0.3) is 11.1 Å². The fourth-order valence-corrected chi connectivity index (χ4v) is 7.16. The van der Waals surface area contributed by atoms with E-state index in [0.29, 0.717) is 11.5 Å². The van der Waals surface area contributed by atoms with Gasteiger partial charge >= 0.3 is 5.97 Å². The van der Waals surface area contributed by atoms with Gasteiger partial charge in [0.15, 0.2) is 0 Å². The molecule has 3 fully saturated rings. The highest BCUT2D eigenvalue weighted by Gasteiger charge is 2.66. The van der Waals surface area contributed by atoms with Gasteiger partial charge in [-0.3, -0.25) is 0 Å². The molecule has 28 heavy (non-hydrogen) atoms. The van der Waals surface area contributed by atoms with Gasteiger partial charge in [0.2, 0.25) is 0 Å². The molecule has 3 saturated carbocycles. The van der Waals surface area contributed by atoms with E-state index in [-0.39, 0.29) is 11.6 Å². The zero-order valence-electron chi connectivity index (χ0n) is 16.3. The van der Waals surface area contributed by atoms with Gasteiger partial charge < -0.3 is 4.74 Å². The SMILES string of the molecule is CC1(OC(=O)c2cccc(-c3ccccc3)c2)CC2CC1C1C3C=CC(C3)C21. The minimum Gasteiger partial charge on any atom is -0.455 e. The van der Waals surface area contributed by atoms with Gasteiger partial charge in [-0.05, 0) is 79.0 Å². The molecule has 0 saturated heterocycles. The van der Waals surface area contributed by atoms with Crippen molar-refractivity contribution >= 4 is 5.97 Å². The molecule has 4 aliphatic rings. The van der Waals surface area contributed by atoms with Crippen LogP contribution in [0, 0.1) is 35.5 Å². The van der Waals surface area contributed by atoms with E-state index in [1.54, 1.807) is 0 Å². The van der Waals surface area contributed by atoms with Gasteiger partial charge in [0.25, 0.3) is 0 Å². The molecule has 7 unspecified atom stereocenters. The number of ether oxygens (including phenoxy) is 1. The summed E-state index contributed by atoms with van der Waals surface area (Å²) in [6, 6.07) is 18.1. The van der Waals surface area contributed by atoms with E-state index < -0.39 is 0 Å². The minimum absolute atomic E-state index is 0.164. The molecule has 142 valence electrons. The molecule has 0 aliphatic heterocycles. The fourth-order valence-electron chi connectivity index (χ4n) is 7.16. The van der Waals surface area contributed by atoms with Crippen LogP contribution in [0.15, 0.2) is 66.7 Å². The molecule has 2 aromatic carbocycles. The normalized spacial score (nSPS) is 39.3. The Balaban J connectivity index is 1.24. The third-order valence-electron chi connectivity index (χ3n) is 8.13. The highest BCUT2D eigenvalue weighted by molar-refractivity contribution is 5.91. The van der Waals surface area contributed by atoms with Crippen LogP contribution >= 0.6 is 0 Å². The fraction of sp³-hybridized carbons (Fsp3) is 0.423. The van der Waals surface area contributed by atoms with E-state index in [0.717, 1.165) is 47.1 Å². The molecular weight excluding hydrogens is 344 g/mol. The monoisotopic (exact) mass is 370 g/mol. The van der Waals surface area contributed by atoms with Gasteiger partial charge in [0.1, 0.15) is 5.60 Å². The van der Waals surface area contributed by atoms with Crippen molar-refractivity contribution in [3.8, 4) is 11.1 Å². The molecule has 0 amide bonds. The zero-order chi connectivity index (χ0) is 18.9. The molecule has 4 aliphatic carbocycles. The largest absolute Gasteiger partial charge is 0.455 e. The highest BCUT2D eigenvalue weighted by Crippen LogP contribution is 2.68. The zero-order valence-corrected chi connectivity index (χ0v) is 16.3. The van der Waals surface area contributed by atoms with Crippen LogP contribution in [0.2, 0.25) is 0 Å². The molecule has 6 rings (SSSR count). The van der Waals surface area contributed by atoms with Crippen molar-refractivity contribution < 1.29 is 9.53 Å². The lowest BCUT2D eigenvalue weighted by Crippen LogP contribution is -2.45. The Hall–Kier alpha value is -2.35. The Bertz CT molecular complexity index is 961. The minimum atomic E-state index is -0.302. The van der Waals surface area contributed by atoms with Crippen LogP contribution < -0.4 is 0 Å². The molecule has 4 bridgehead atoms. The maximum Gasteiger partial charge on any atom is 0.338 e. The van der Waals surface area contributed by atoms with Crippen LogP contribution in [-0.2, 0) is 4.74 Å². The molecule has 0 N–H and O–H groups in total. The number of carbonyl (C=O) groups excluding carboxylic acids is 1. The summed E-state index contributed by atoms with van der Waals surface area (Å²) in [6.45, 7) is 2.20. The maximum atomic E-state index is 13.1. The van der Waals surface area contributed by atoms with Crippen LogP contribution in [0.3, 0.4) is 0 Å². The number of esters is 1. The third kappa shape index (κ3) is 2.30. The summed E-state index contributed by atoms with van der Waals surface area (Å²) >= 11 is 0. The average Bonchev–Trinajstić information content (AvgIpc) is 3.47. The standard InChI is InChI=1S/C26H26O2/c1-26(15-21-14-22(26)24-19-11-10-18(13-19)23(21)24)28-25(27)20-9-5-8-17(12-20)16-6-3-2-4-7-16/h2-12,18-19,21-24H,13-15H2,1H3. The summed E-state index contributed by atoms with van der Waals surface area (Å²) < 4.78 is 6.26. The smallest absolute Gasteiger partial charge is 0.338 e. The maximum absolute atomic E-state index is 13.1. The van der Waals surface area contributed by atoms with E-state index in [4.69, 9.17) is 4.74 Å². The van der Waals surface area contributed by atoms with Crippen molar-refractivity contribution in [2.45, 2.75) is 31.8 Å². The van der Waals surface area contributed by atoms with Gasteiger partial charge in [0, 0.05) is 5.92 Å². The second-order valence-electron chi connectivity index (χ2n) is 9.56. The van der Waals surface area contributed by atoms with Crippen molar-refractivity contribution in [2.75, 3.05) is 0 Å². The first-order chi connectivity index (χ1) is 13.6. The molecular formula is C26H26O2. The Morgan fingerprint density at radius 3 is 2.50 bits per heavy atom. The van der Waals surface area contributed by atoms with Crippen LogP contribution in [0.4, 0.5) is 0 Å². The molecule has 2 nitrogen and oxygen atoms in total. The predicted molar refractivity (Wildman–Crippen MR) is 110 cm³/mol. The number of benzene rings is 2. The van der Waals surface area contributed by atoms with Crippen LogP contribution in [-0.4, -0.2) is 11.6 Å². The molecule has 7 atom stereocenters. The van der Waals surface area contributed by atoms with Crippen LogP contribution in [0.5, 0.6) is 0 Å². The van der Waals surface area contributed by atoms with E-state index in [2.05, 4.69) is 37.3 Å². The molecule has 0 spiro atoms. The summed E-state index contributed by atoms with van der Waals surface area (Å²) in [5.41, 5.74) is 2.55. The number of hydrogen-bond donors (Lipinski definition) is 0. The van der Waals surface area contributed by atoms with Crippen molar-refractivity contribution in [3.63, 3.8) is 0 Å². The average molecular weight is 370 g/mol. The van der Waals surface area contributed by atoms with Crippen molar-refractivity contribution in [3.05, 3.63) is 72.3 Å². The first-order valence-electron chi connectivity index (χ1n) is 10.7. The number of hydrogen-bond acceptors (Lipinski definition) is 2. The van der Waals surface area contributed by atoms with E-state index in [1.807, 2.05) is 36.4 Å². The van der Waals surface area contributed by atoms with Gasteiger partial charge in [-0.25, -0.2) is 4.79 Å². The Labute approximate surface area is 166 Å². The summed E-state index contributed by atoms with van der Waals surface area (Å²) in [5, 5.41) is 0. The van der Waals surface area contributed by atoms with Crippen LogP contribution in [0.1, 0.15) is 36.5 Å². The van der Waals surface area contributed by atoms with E-state index >= 15 is 0 Å². The lowest BCUT2D eigenvalue weighted by Gasteiger charge is -2.42. The van der Waals surface area contributed by atoms with E-state index in [9.17, 15) is 4.79 Å². The summed E-state index contributed by atoms with van der Waals surface area (Å²) in [6.07, 6.45) is 8.53. The highest BCUT2D eigenvalue weighted by atomic mass is 16.6. The van der Waals surface area contributed by atoms with Gasteiger partial charge in [-0.15, -0.1) is 0 Å². The molecule has 2 heteroatoms. The Kier molecular flexibility index (Phi) is 3.45. The van der Waals surface area contributed by atoms with Crippen molar-refractivity contribution in [2.24, 2.45) is 35.5 Å². The van der Waals surface area contributed by atoms with Gasteiger partial charge in [-0.1, -0.05) is 54.6 Å². The Morgan fingerprint density at radius 2 is 1.68 bits per heavy atom. The second kappa shape index (κ2) is 5.83. The lowest BCUT2D eigenvalue weighted by molar-refractivity contribution is -0.0637. The number of carbonyl (C=O) groups is 1. The first kappa shape index (κ1) is 16.6. The quantitative estimate of drug-likeness (QED) is 0.391. The molecule has 0 radical (unpaired) electrons. The topological polar surface area (TPSA) is 26.3 Å². The number of fused-ring (bicyclic) bond motifs is 9. The number of allylic oxidation sites excluding steroid dienone is 2. The number of rotatable bonds is 3. The lowest BCUT2D eigenvalue weighted by atomic mass is 9.68. The summed E-state index contributed by atoms with van der Waals surface area (Å²) in [7, 11) is 0. The van der Waals surface area contributed by atoms with Gasteiger partial charge in [-0.2, -0.15) is 0 Å². The van der Waals surface area contributed by atoms with Crippen molar-refractivity contribution in [1.29, 1.82) is 0 Å². The molecule has 0 aromatic heterocycles. The van der Waals surface area contributed by atoms with E-state index in [1.165, 1.54) is 12.8 Å². The predicted octanol–water partition coefficient (Wildman–Crippen LogP) is 5.75. The summed E-state index contributed by atoms with van der Waals surface area (Å²) in [5.74, 6) is 4.23. The second-order valence-corrected chi connectivity index (χ2v) is 9.56. The third-order valence-corrected chi connectivity index (χ3v) is 8.13. The molecule has 0 heterocycles.